The Bertz CT molecular complexity index is 506. The third-order valence-corrected chi connectivity index (χ3v) is 6.25. The molecule has 2 rings (SSSR count). The van der Waals surface area contributed by atoms with E-state index in [4.69, 9.17) is 4.98 Å². The van der Waals surface area contributed by atoms with Crippen molar-refractivity contribution in [2.45, 2.75) is 37.9 Å². The molecule has 1 saturated heterocycles. The number of aliphatic imine (C=N–C) groups is 1. The van der Waals surface area contributed by atoms with Crippen LogP contribution in [-0.4, -0.2) is 55.2 Å². The van der Waals surface area contributed by atoms with Crippen molar-refractivity contribution in [2.75, 3.05) is 44.4 Å². The molecule has 0 atom stereocenters. The van der Waals surface area contributed by atoms with Gasteiger partial charge < -0.3 is 15.5 Å². The number of nitrogens with one attached hydrogen (secondary N) is 2. The van der Waals surface area contributed by atoms with Crippen molar-refractivity contribution in [2.24, 2.45) is 4.99 Å². The highest BCUT2D eigenvalue weighted by molar-refractivity contribution is 7.99. The van der Waals surface area contributed by atoms with Gasteiger partial charge in [-0.25, -0.2) is 4.98 Å². The highest BCUT2D eigenvalue weighted by Crippen LogP contribution is 2.24. The summed E-state index contributed by atoms with van der Waals surface area (Å²) in [5.41, 5.74) is 1.17. The molecular formula is C16H29N5S2. The Balaban J connectivity index is 1.73. The molecule has 1 aliphatic rings. The number of thioether (sulfide) groups is 1. The normalized spacial score (nSPS) is 16.0. The summed E-state index contributed by atoms with van der Waals surface area (Å²) in [5.74, 6) is 0.863. The summed E-state index contributed by atoms with van der Waals surface area (Å²) in [6, 6.07) is 0. The van der Waals surface area contributed by atoms with Crippen LogP contribution in [0.15, 0.2) is 10.4 Å². The number of guanidine groups is 1. The van der Waals surface area contributed by atoms with Crippen LogP contribution in [0.3, 0.4) is 0 Å². The van der Waals surface area contributed by atoms with E-state index in [1.807, 2.05) is 18.8 Å². The third-order valence-electron chi connectivity index (χ3n) is 4.05. The Morgan fingerprint density at radius 2 is 2.13 bits per heavy atom. The third kappa shape index (κ3) is 5.88. The van der Waals surface area contributed by atoms with Crippen molar-refractivity contribution in [1.29, 1.82) is 0 Å². The van der Waals surface area contributed by atoms with Gasteiger partial charge in [0.15, 0.2) is 11.1 Å². The topological polar surface area (TPSA) is 52.6 Å². The SMILES string of the molecule is CN=C(NCCc1csc(N2CCCC2)n1)NCC(C)(C)SC. The minimum absolute atomic E-state index is 0.206. The van der Waals surface area contributed by atoms with Crippen molar-refractivity contribution in [3.63, 3.8) is 0 Å². The highest BCUT2D eigenvalue weighted by Gasteiger charge is 2.17. The average molecular weight is 356 g/mol. The van der Waals surface area contributed by atoms with Gasteiger partial charge in [0.2, 0.25) is 0 Å². The van der Waals surface area contributed by atoms with Crippen molar-refractivity contribution in [3.8, 4) is 0 Å². The Kier molecular flexibility index (Phi) is 7.02. The van der Waals surface area contributed by atoms with Crippen molar-refractivity contribution >= 4 is 34.2 Å². The number of rotatable bonds is 7. The van der Waals surface area contributed by atoms with Gasteiger partial charge in [-0.15, -0.1) is 11.3 Å². The van der Waals surface area contributed by atoms with E-state index in [9.17, 15) is 0 Å². The summed E-state index contributed by atoms with van der Waals surface area (Å²) < 4.78 is 0.206. The summed E-state index contributed by atoms with van der Waals surface area (Å²) in [7, 11) is 1.82. The fraction of sp³-hybridized carbons (Fsp3) is 0.750. The lowest BCUT2D eigenvalue weighted by atomic mass is 10.2. The molecule has 2 N–H and O–H groups in total. The number of thiazole rings is 1. The van der Waals surface area contributed by atoms with Crippen LogP contribution in [0.25, 0.3) is 0 Å². The lowest BCUT2D eigenvalue weighted by Crippen LogP contribution is -2.43. The smallest absolute Gasteiger partial charge is 0.191 e. The van der Waals surface area contributed by atoms with Gasteiger partial charge in [0.25, 0.3) is 0 Å². The number of anilines is 1. The van der Waals surface area contributed by atoms with Crippen LogP contribution >= 0.6 is 23.1 Å². The van der Waals surface area contributed by atoms with Gasteiger partial charge in [0.1, 0.15) is 0 Å². The van der Waals surface area contributed by atoms with Gasteiger partial charge in [0.05, 0.1) is 5.69 Å². The maximum absolute atomic E-state index is 4.75. The first-order valence-electron chi connectivity index (χ1n) is 8.23. The molecule has 0 aliphatic carbocycles. The zero-order valence-corrected chi connectivity index (χ0v) is 16.3. The predicted octanol–water partition coefficient (Wildman–Crippen LogP) is 2.59. The van der Waals surface area contributed by atoms with Crippen molar-refractivity contribution in [3.05, 3.63) is 11.1 Å². The summed E-state index contributed by atoms with van der Waals surface area (Å²) in [4.78, 5) is 11.4. The van der Waals surface area contributed by atoms with Crippen LogP contribution in [0.1, 0.15) is 32.4 Å². The van der Waals surface area contributed by atoms with E-state index in [-0.39, 0.29) is 4.75 Å². The molecule has 1 aromatic rings. The second-order valence-corrected chi connectivity index (χ2v) is 8.73. The molecule has 0 unspecified atom stereocenters. The van der Waals surface area contributed by atoms with Crippen LogP contribution in [0, 0.1) is 0 Å². The zero-order chi connectivity index (χ0) is 16.7. The minimum Gasteiger partial charge on any atom is -0.356 e. The molecule has 1 fully saturated rings. The Labute approximate surface area is 148 Å². The maximum Gasteiger partial charge on any atom is 0.191 e. The second kappa shape index (κ2) is 8.78. The van der Waals surface area contributed by atoms with Crippen molar-refractivity contribution < 1.29 is 0 Å². The standard InChI is InChI=1S/C16H29N5S2/c1-16(2,22-4)12-19-14(17-3)18-8-7-13-11-23-15(20-13)21-9-5-6-10-21/h11H,5-10,12H2,1-4H3,(H2,17,18,19). The van der Waals surface area contributed by atoms with E-state index < -0.39 is 0 Å². The molecule has 2 heterocycles. The quantitative estimate of drug-likeness (QED) is 0.582. The second-order valence-electron chi connectivity index (χ2n) is 6.38. The van der Waals surface area contributed by atoms with Crippen LogP contribution in [0.4, 0.5) is 5.13 Å². The molecule has 1 aromatic heterocycles. The molecule has 0 bridgehead atoms. The average Bonchev–Trinajstić information content (AvgIpc) is 3.21. The lowest BCUT2D eigenvalue weighted by Gasteiger charge is -2.23. The largest absolute Gasteiger partial charge is 0.356 e. The van der Waals surface area contributed by atoms with Crippen LogP contribution in [0.5, 0.6) is 0 Å². The highest BCUT2D eigenvalue weighted by atomic mass is 32.2. The monoisotopic (exact) mass is 355 g/mol. The van der Waals surface area contributed by atoms with E-state index >= 15 is 0 Å². The molecule has 0 aromatic carbocycles. The van der Waals surface area contributed by atoms with Crippen LogP contribution in [-0.2, 0) is 6.42 Å². The molecule has 0 spiro atoms. The van der Waals surface area contributed by atoms with Crippen LogP contribution < -0.4 is 15.5 Å². The predicted molar refractivity (Wildman–Crippen MR) is 104 cm³/mol. The summed E-state index contributed by atoms with van der Waals surface area (Å²) in [5, 5.41) is 10.1. The first-order chi connectivity index (χ1) is 11.0. The minimum atomic E-state index is 0.206. The molecule has 23 heavy (non-hydrogen) atoms. The van der Waals surface area contributed by atoms with Gasteiger partial charge in [-0.3, -0.25) is 4.99 Å². The number of hydrogen-bond acceptors (Lipinski definition) is 5. The summed E-state index contributed by atoms with van der Waals surface area (Å²) in [6.45, 7) is 8.52. The van der Waals surface area contributed by atoms with E-state index in [1.54, 1.807) is 11.3 Å². The van der Waals surface area contributed by atoms with E-state index in [0.717, 1.165) is 38.6 Å². The van der Waals surface area contributed by atoms with Gasteiger partial charge in [-0.05, 0) is 32.9 Å². The Morgan fingerprint density at radius 1 is 1.39 bits per heavy atom. The number of hydrogen-bond donors (Lipinski definition) is 2. The summed E-state index contributed by atoms with van der Waals surface area (Å²) in [6.07, 6.45) is 5.66. The molecule has 5 nitrogen and oxygen atoms in total. The molecular weight excluding hydrogens is 326 g/mol. The van der Waals surface area contributed by atoms with Crippen LogP contribution in [0.2, 0.25) is 0 Å². The Morgan fingerprint density at radius 3 is 2.78 bits per heavy atom. The molecule has 0 saturated carbocycles. The number of aromatic nitrogens is 1. The molecule has 0 amide bonds. The van der Waals surface area contributed by atoms with E-state index in [1.165, 1.54) is 23.7 Å². The molecule has 130 valence electrons. The van der Waals surface area contributed by atoms with Gasteiger partial charge in [0, 0.05) is 49.8 Å². The van der Waals surface area contributed by atoms with Gasteiger partial charge in [-0.2, -0.15) is 11.8 Å². The maximum atomic E-state index is 4.75. The first kappa shape index (κ1) is 18.4. The van der Waals surface area contributed by atoms with E-state index in [0.29, 0.717) is 0 Å². The molecule has 0 radical (unpaired) electrons. The molecule has 7 heteroatoms. The number of nitrogens with zero attached hydrogens (tertiary/aromatic N) is 3. The van der Waals surface area contributed by atoms with Crippen molar-refractivity contribution in [1.82, 2.24) is 15.6 Å². The fourth-order valence-corrected chi connectivity index (χ4v) is 3.49. The lowest BCUT2D eigenvalue weighted by molar-refractivity contribution is 0.663. The first-order valence-corrected chi connectivity index (χ1v) is 10.3. The molecule has 1 aliphatic heterocycles. The van der Waals surface area contributed by atoms with Gasteiger partial charge in [-0.1, -0.05) is 0 Å². The van der Waals surface area contributed by atoms with E-state index in [2.05, 4.69) is 46.0 Å². The fourth-order valence-electron chi connectivity index (χ4n) is 2.36. The zero-order valence-electron chi connectivity index (χ0n) is 14.7. The van der Waals surface area contributed by atoms with Gasteiger partial charge >= 0.3 is 0 Å². The Hall–Kier alpha value is -0.950. The summed E-state index contributed by atoms with van der Waals surface area (Å²) >= 11 is 3.62.